The highest BCUT2D eigenvalue weighted by Crippen LogP contribution is 2.27. The molecule has 6 nitrogen and oxygen atoms in total. The summed E-state index contributed by atoms with van der Waals surface area (Å²) in [5.41, 5.74) is 0.303. The summed E-state index contributed by atoms with van der Waals surface area (Å²) in [5.74, 6) is 0.396. The van der Waals surface area contributed by atoms with Crippen molar-refractivity contribution in [1.29, 1.82) is 0 Å². The Bertz CT molecular complexity index is 502. The summed E-state index contributed by atoms with van der Waals surface area (Å²) in [7, 11) is 2.97. The molecule has 1 fully saturated rings. The van der Waals surface area contributed by atoms with Crippen LogP contribution in [0.2, 0.25) is 0 Å². The van der Waals surface area contributed by atoms with Crippen molar-refractivity contribution in [2.45, 2.75) is 12.8 Å². The molecular weight excluding hydrogens is 272 g/mol. The monoisotopic (exact) mass is 292 g/mol. The standard InChI is InChI=1S/C15H20N2O4/c1-20-11-6-5-7-12(21-2)14(11)15(19)16-10-13(18)17-8-3-4-9-17/h5-7H,3-4,8-10H2,1-2H3,(H,16,19). The second-order valence-corrected chi connectivity index (χ2v) is 4.81. The number of nitrogens with zero attached hydrogens (tertiary/aromatic N) is 1. The Balaban J connectivity index is 2.04. The van der Waals surface area contributed by atoms with Crippen molar-refractivity contribution in [2.24, 2.45) is 0 Å². The van der Waals surface area contributed by atoms with Crippen LogP contribution < -0.4 is 14.8 Å². The van der Waals surface area contributed by atoms with Gasteiger partial charge in [0.15, 0.2) is 0 Å². The number of carbonyl (C=O) groups excluding carboxylic acids is 2. The number of benzene rings is 1. The predicted molar refractivity (Wildman–Crippen MR) is 77.7 cm³/mol. The van der Waals surface area contributed by atoms with Crippen molar-refractivity contribution < 1.29 is 19.1 Å². The van der Waals surface area contributed by atoms with E-state index >= 15 is 0 Å². The Labute approximate surface area is 124 Å². The third-order valence-corrected chi connectivity index (χ3v) is 3.51. The van der Waals surface area contributed by atoms with Crippen molar-refractivity contribution in [3.05, 3.63) is 23.8 Å². The number of carbonyl (C=O) groups is 2. The number of hydrogen-bond donors (Lipinski definition) is 1. The number of nitrogens with one attached hydrogen (secondary N) is 1. The van der Waals surface area contributed by atoms with Gasteiger partial charge in [0.1, 0.15) is 17.1 Å². The Morgan fingerprint density at radius 1 is 1.14 bits per heavy atom. The van der Waals surface area contributed by atoms with Crippen LogP contribution in [0.5, 0.6) is 11.5 Å². The summed E-state index contributed by atoms with van der Waals surface area (Å²) >= 11 is 0. The second-order valence-electron chi connectivity index (χ2n) is 4.81. The maximum absolute atomic E-state index is 12.3. The molecule has 0 aromatic heterocycles. The van der Waals surface area contributed by atoms with Gasteiger partial charge in [0.2, 0.25) is 5.91 Å². The van der Waals surface area contributed by atoms with Crippen molar-refractivity contribution in [2.75, 3.05) is 33.9 Å². The number of ether oxygens (including phenoxy) is 2. The molecule has 1 heterocycles. The van der Waals surface area contributed by atoms with Gasteiger partial charge in [0, 0.05) is 13.1 Å². The maximum atomic E-state index is 12.3. The van der Waals surface area contributed by atoms with Gasteiger partial charge >= 0.3 is 0 Å². The van der Waals surface area contributed by atoms with Crippen LogP contribution in [0.1, 0.15) is 23.2 Å². The smallest absolute Gasteiger partial charge is 0.259 e. The molecule has 1 saturated heterocycles. The molecular formula is C15H20N2O4. The van der Waals surface area contributed by atoms with Gasteiger partial charge < -0.3 is 19.7 Å². The van der Waals surface area contributed by atoms with E-state index in [0.717, 1.165) is 25.9 Å². The highest BCUT2D eigenvalue weighted by atomic mass is 16.5. The lowest BCUT2D eigenvalue weighted by atomic mass is 10.1. The average Bonchev–Trinajstić information content (AvgIpc) is 3.05. The fourth-order valence-electron chi connectivity index (χ4n) is 2.40. The minimum absolute atomic E-state index is 0.0139. The molecule has 0 bridgehead atoms. The van der Waals surface area contributed by atoms with Crippen LogP contribution in [0.4, 0.5) is 0 Å². The molecule has 0 spiro atoms. The summed E-state index contributed by atoms with van der Waals surface area (Å²) in [6.07, 6.45) is 2.06. The SMILES string of the molecule is COc1cccc(OC)c1C(=O)NCC(=O)N1CCCC1. The zero-order valence-electron chi connectivity index (χ0n) is 12.3. The Hall–Kier alpha value is -2.24. The van der Waals surface area contributed by atoms with Gasteiger partial charge in [0.25, 0.3) is 5.91 Å². The highest BCUT2D eigenvalue weighted by Gasteiger charge is 2.21. The van der Waals surface area contributed by atoms with Crippen molar-refractivity contribution in [3.8, 4) is 11.5 Å². The first-order valence-corrected chi connectivity index (χ1v) is 6.94. The van der Waals surface area contributed by atoms with E-state index in [1.54, 1.807) is 23.1 Å². The molecule has 1 aromatic rings. The van der Waals surface area contributed by atoms with Crippen LogP contribution in [0, 0.1) is 0 Å². The summed E-state index contributed by atoms with van der Waals surface area (Å²) in [6, 6.07) is 5.10. The summed E-state index contributed by atoms with van der Waals surface area (Å²) in [5, 5.41) is 2.63. The normalized spacial score (nSPS) is 13.9. The molecule has 114 valence electrons. The van der Waals surface area contributed by atoms with E-state index in [1.165, 1.54) is 14.2 Å². The molecule has 0 saturated carbocycles. The lowest BCUT2D eigenvalue weighted by Gasteiger charge is -2.16. The average molecular weight is 292 g/mol. The molecule has 2 rings (SSSR count). The molecule has 1 N–H and O–H groups in total. The van der Waals surface area contributed by atoms with E-state index in [9.17, 15) is 9.59 Å². The quantitative estimate of drug-likeness (QED) is 0.881. The number of amides is 2. The first-order chi connectivity index (χ1) is 10.2. The van der Waals surface area contributed by atoms with Crippen LogP contribution in [-0.4, -0.2) is 50.6 Å². The lowest BCUT2D eigenvalue weighted by molar-refractivity contribution is -0.129. The van der Waals surface area contributed by atoms with E-state index in [2.05, 4.69) is 5.32 Å². The fourth-order valence-corrected chi connectivity index (χ4v) is 2.40. The van der Waals surface area contributed by atoms with Gasteiger partial charge in [-0.1, -0.05) is 6.07 Å². The van der Waals surface area contributed by atoms with Gasteiger partial charge in [-0.15, -0.1) is 0 Å². The molecule has 2 amide bonds. The fraction of sp³-hybridized carbons (Fsp3) is 0.467. The molecule has 0 atom stereocenters. The molecule has 1 aromatic carbocycles. The number of hydrogen-bond acceptors (Lipinski definition) is 4. The van der Waals surface area contributed by atoms with Crippen LogP contribution in [0.15, 0.2) is 18.2 Å². The molecule has 21 heavy (non-hydrogen) atoms. The molecule has 1 aliphatic rings. The zero-order valence-corrected chi connectivity index (χ0v) is 12.3. The molecule has 1 aliphatic heterocycles. The summed E-state index contributed by atoms with van der Waals surface area (Å²) < 4.78 is 10.4. The lowest BCUT2D eigenvalue weighted by Crippen LogP contribution is -2.38. The first-order valence-electron chi connectivity index (χ1n) is 6.94. The van der Waals surface area contributed by atoms with Gasteiger partial charge in [-0.25, -0.2) is 0 Å². The van der Waals surface area contributed by atoms with Crippen LogP contribution in [0.25, 0.3) is 0 Å². The third kappa shape index (κ3) is 3.45. The molecule has 0 aliphatic carbocycles. The van der Waals surface area contributed by atoms with Crippen molar-refractivity contribution in [1.82, 2.24) is 10.2 Å². The van der Waals surface area contributed by atoms with Gasteiger partial charge in [-0.2, -0.15) is 0 Å². The van der Waals surface area contributed by atoms with Gasteiger partial charge in [0.05, 0.1) is 20.8 Å². The molecule has 6 heteroatoms. The van der Waals surface area contributed by atoms with E-state index < -0.39 is 0 Å². The summed E-state index contributed by atoms with van der Waals surface area (Å²) in [6.45, 7) is 1.53. The predicted octanol–water partition coefficient (Wildman–Crippen LogP) is 1.06. The number of likely N-dealkylation sites (tertiary alicyclic amines) is 1. The van der Waals surface area contributed by atoms with Gasteiger partial charge in [-0.3, -0.25) is 9.59 Å². The van der Waals surface area contributed by atoms with Crippen molar-refractivity contribution >= 4 is 11.8 Å². The zero-order chi connectivity index (χ0) is 15.2. The first kappa shape index (κ1) is 15.2. The molecule has 0 unspecified atom stereocenters. The number of methoxy groups -OCH3 is 2. The third-order valence-electron chi connectivity index (χ3n) is 3.51. The number of rotatable bonds is 5. The minimum Gasteiger partial charge on any atom is -0.496 e. The van der Waals surface area contributed by atoms with Crippen molar-refractivity contribution in [3.63, 3.8) is 0 Å². The van der Waals surface area contributed by atoms with Crippen LogP contribution in [-0.2, 0) is 4.79 Å². The van der Waals surface area contributed by atoms with E-state index in [4.69, 9.17) is 9.47 Å². The maximum Gasteiger partial charge on any atom is 0.259 e. The van der Waals surface area contributed by atoms with Crippen LogP contribution in [0.3, 0.4) is 0 Å². The second kappa shape index (κ2) is 6.97. The van der Waals surface area contributed by atoms with Gasteiger partial charge in [-0.05, 0) is 25.0 Å². The van der Waals surface area contributed by atoms with E-state index in [1.807, 2.05) is 0 Å². The molecule has 0 radical (unpaired) electrons. The topological polar surface area (TPSA) is 67.9 Å². The minimum atomic E-state index is -0.378. The van der Waals surface area contributed by atoms with E-state index in [-0.39, 0.29) is 18.4 Å². The Morgan fingerprint density at radius 2 is 1.71 bits per heavy atom. The van der Waals surface area contributed by atoms with E-state index in [0.29, 0.717) is 17.1 Å². The Morgan fingerprint density at radius 3 is 2.24 bits per heavy atom. The van der Waals surface area contributed by atoms with Crippen LogP contribution >= 0.6 is 0 Å². The highest BCUT2D eigenvalue weighted by molar-refractivity contribution is 6.01. The largest absolute Gasteiger partial charge is 0.496 e. The Kier molecular flexibility index (Phi) is 5.03. The summed E-state index contributed by atoms with van der Waals surface area (Å²) in [4.78, 5) is 26.0.